The zero-order valence-electron chi connectivity index (χ0n) is 19.2. The van der Waals surface area contributed by atoms with Gasteiger partial charge in [-0.3, -0.25) is 14.5 Å². The zero-order valence-corrected chi connectivity index (χ0v) is 20.8. The summed E-state index contributed by atoms with van der Waals surface area (Å²) < 4.78 is 0. The molecular weight excluding hydrogens is 486 g/mol. The van der Waals surface area contributed by atoms with E-state index in [1.807, 2.05) is 24.3 Å². The molecule has 0 radical (unpaired) electrons. The fraction of sp³-hybridized carbons (Fsp3) is 0.269. The van der Waals surface area contributed by atoms with Gasteiger partial charge in [0.2, 0.25) is 0 Å². The Bertz CT molecular complexity index is 1230. The van der Waals surface area contributed by atoms with Gasteiger partial charge in [0.15, 0.2) is 0 Å². The van der Waals surface area contributed by atoms with Crippen molar-refractivity contribution >= 4 is 40.7 Å². The molecule has 35 heavy (non-hydrogen) atoms. The van der Waals surface area contributed by atoms with Gasteiger partial charge in [0.05, 0.1) is 15.5 Å². The number of fused-ring (bicyclic) bond motifs is 1. The Balaban J connectivity index is 1.46. The number of benzene rings is 2. The third-order valence-electron chi connectivity index (χ3n) is 6.02. The van der Waals surface area contributed by atoms with Crippen LogP contribution in [-0.4, -0.2) is 46.9 Å². The fourth-order valence-electron chi connectivity index (χ4n) is 4.26. The van der Waals surface area contributed by atoms with E-state index in [4.69, 9.17) is 11.6 Å². The Morgan fingerprint density at radius 3 is 2.60 bits per heavy atom. The molecule has 0 bridgehead atoms. The largest absolute Gasteiger partial charge is 0.480 e. The van der Waals surface area contributed by atoms with Gasteiger partial charge >= 0.3 is 5.97 Å². The minimum atomic E-state index is -1.29. The first-order valence-corrected chi connectivity index (χ1v) is 12.5. The lowest BCUT2D eigenvalue weighted by molar-refractivity contribution is -0.139. The van der Waals surface area contributed by atoms with Crippen LogP contribution < -0.4 is 10.6 Å². The number of nitrogens with one attached hydrogen (secondary N) is 2. The summed E-state index contributed by atoms with van der Waals surface area (Å²) >= 11 is 7.95. The summed E-state index contributed by atoms with van der Waals surface area (Å²) in [5.41, 5.74) is 4.19. The first-order valence-electron chi connectivity index (χ1n) is 11.3. The summed E-state index contributed by atoms with van der Waals surface area (Å²) in [4.78, 5) is 39.8. The Kier molecular flexibility index (Phi) is 7.85. The standard InChI is InChI=1S/C26H26ClN3O4S/c1-16-12-18-15-30(14-17-6-3-2-4-7-17)10-9-19(18)23(27)22(16)25(32)29-20(26(33)34)13-28-24(31)21-8-5-11-35-21/h2-8,11-12,20H,9-10,13-15H2,1H3,(H,28,31)(H,29,32)(H,33,34)/t20-/m0/s1. The molecule has 1 atom stereocenters. The molecule has 7 nitrogen and oxygen atoms in total. The predicted octanol–water partition coefficient (Wildman–Crippen LogP) is 3.88. The molecule has 1 aromatic heterocycles. The van der Waals surface area contributed by atoms with E-state index >= 15 is 0 Å². The molecule has 4 rings (SSSR count). The number of halogens is 1. The maximum atomic E-state index is 13.1. The highest BCUT2D eigenvalue weighted by atomic mass is 35.5. The maximum Gasteiger partial charge on any atom is 0.328 e. The third-order valence-corrected chi connectivity index (χ3v) is 7.31. The van der Waals surface area contributed by atoms with Gasteiger partial charge < -0.3 is 15.7 Å². The van der Waals surface area contributed by atoms with E-state index in [-0.39, 0.29) is 18.0 Å². The van der Waals surface area contributed by atoms with Gasteiger partial charge in [-0.05, 0) is 47.0 Å². The molecule has 3 aromatic rings. The molecule has 3 N–H and O–H groups in total. The number of rotatable bonds is 8. The van der Waals surface area contributed by atoms with Crippen molar-refractivity contribution in [2.75, 3.05) is 13.1 Å². The van der Waals surface area contributed by atoms with Crippen molar-refractivity contribution in [1.29, 1.82) is 0 Å². The number of amides is 2. The Morgan fingerprint density at radius 1 is 1.14 bits per heavy atom. The van der Waals surface area contributed by atoms with E-state index < -0.39 is 17.9 Å². The Hall–Kier alpha value is -3.20. The van der Waals surface area contributed by atoms with Crippen molar-refractivity contribution in [3.05, 3.63) is 91.6 Å². The van der Waals surface area contributed by atoms with Crippen LogP contribution in [0.1, 0.15) is 42.3 Å². The number of carbonyl (C=O) groups excluding carboxylic acids is 2. The van der Waals surface area contributed by atoms with Crippen molar-refractivity contribution in [3.8, 4) is 0 Å². The summed E-state index contributed by atoms with van der Waals surface area (Å²) in [5, 5.41) is 16.8. The van der Waals surface area contributed by atoms with Crippen molar-refractivity contribution < 1.29 is 19.5 Å². The van der Waals surface area contributed by atoms with Gasteiger partial charge in [-0.15, -0.1) is 11.3 Å². The van der Waals surface area contributed by atoms with Gasteiger partial charge in [-0.25, -0.2) is 4.79 Å². The van der Waals surface area contributed by atoms with Crippen LogP contribution in [0, 0.1) is 6.92 Å². The van der Waals surface area contributed by atoms with Gasteiger partial charge in [0.25, 0.3) is 11.8 Å². The van der Waals surface area contributed by atoms with Crippen LogP contribution in [0.4, 0.5) is 0 Å². The fourth-order valence-corrected chi connectivity index (χ4v) is 5.35. The molecule has 2 amide bonds. The second-order valence-corrected chi connectivity index (χ2v) is 9.84. The number of carbonyl (C=O) groups is 3. The molecule has 0 saturated carbocycles. The summed E-state index contributed by atoms with van der Waals surface area (Å²) in [6.45, 7) is 3.91. The van der Waals surface area contributed by atoms with Crippen LogP contribution in [-0.2, 0) is 24.3 Å². The molecule has 1 aliphatic heterocycles. The van der Waals surface area contributed by atoms with Crippen molar-refractivity contribution in [2.24, 2.45) is 0 Å². The van der Waals surface area contributed by atoms with Crippen LogP contribution in [0.25, 0.3) is 0 Å². The van der Waals surface area contributed by atoms with Crippen LogP contribution in [0.5, 0.6) is 0 Å². The van der Waals surface area contributed by atoms with E-state index in [1.54, 1.807) is 24.4 Å². The van der Waals surface area contributed by atoms with E-state index in [1.165, 1.54) is 16.9 Å². The zero-order chi connectivity index (χ0) is 24.9. The molecule has 2 aromatic carbocycles. The summed E-state index contributed by atoms with van der Waals surface area (Å²) in [6.07, 6.45) is 0.695. The number of hydrogen-bond acceptors (Lipinski definition) is 5. The normalized spacial score (nSPS) is 14.1. The minimum absolute atomic E-state index is 0.242. The molecule has 1 aliphatic rings. The number of nitrogens with zero attached hydrogens (tertiary/aromatic N) is 1. The van der Waals surface area contributed by atoms with Crippen LogP contribution in [0.2, 0.25) is 5.02 Å². The molecule has 9 heteroatoms. The first kappa shape index (κ1) is 24.9. The van der Waals surface area contributed by atoms with Crippen LogP contribution in [0.3, 0.4) is 0 Å². The summed E-state index contributed by atoms with van der Waals surface area (Å²) in [6, 6.07) is 14.3. The summed E-state index contributed by atoms with van der Waals surface area (Å²) in [5.74, 6) is -2.20. The van der Waals surface area contributed by atoms with Gasteiger partial charge in [-0.2, -0.15) is 0 Å². The highest BCUT2D eigenvalue weighted by Crippen LogP contribution is 2.32. The van der Waals surface area contributed by atoms with E-state index in [0.29, 0.717) is 21.9 Å². The van der Waals surface area contributed by atoms with Gasteiger partial charge in [0.1, 0.15) is 6.04 Å². The quantitative estimate of drug-likeness (QED) is 0.426. The molecule has 0 saturated heterocycles. The number of thiophene rings is 1. The lowest BCUT2D eigenvalue weighted by Gasteiger charge is -2.30. The van der Waals surface area contributed by atoms with E-state index in [9.17, 15) is 19.5 Å². The molecule has 0 spiro atoms. The Labute approximate surface area is 212 Å². The molecule has 0 aliphatic carbocycles. The number of aryl methyl sites for hydroxylation is 1. The highest BCUT2D eigenvalue weighted by Gasteiger charge is 2.27. The minimum Gasteiger partial charge on any atom is -0.480 e. The van der Waals surface area contributed by atoms with Crippen LogP contribution >= 0.6 is 22.9 Å². The number of carboxylic acids is 1. The number of aliphatic carboxylic acids is 1. The van der Waals surface area contributed by atoms with E-state index in [0.717, 1.165) is 30.8 Å². The second kappa shape index (κ2) is 11.0. The average Bonchev–Trinajstić information content (AvgIpc) is 3.37. The smallest absolute Gasteiger partial charge is 0.328 e. The third kappa shape index (κ3) is 5.90. The molecule has 0 fully saturated rings. The van der Waals surface area contributed by atoms with E-state index in [2.05, 4.69) is 27.7 Å². The first-order chi connectivity index (χ1) is 16.8. The monoisotopic (exact) mass is 511 g/mol. The number of hydrogen-bond donors (Lipinski definition) is 3. The van der Waals surface area contributed by atoms with Crippen molar-refractivity contribution in [2.45, 2.75) is 32.5 Å². The second-order valence-electron chi connectivity index (χ2n) is 8.52. The lowest BCUT2D eigenvalue weighted by atomic mass is 9.93. The van der Waals surface area contributed by atoms with Gasteiger partial charge in [-0.1, -0.05) is 54.1 Å². The van der Waals surface area contributed by atoms with Crippen molar-refractivity contribution in [3.63, 3.8) is 0 Å². The molecule has 2 heterocycles. The SMILES string of the molecule is Cc1cc2c(c(Cl)c1C(=O)N[C@@H](CNC(=O)c1cccs1)C(=O)O)CCN(Cc1ccccc1)C2. The van der Waals surface area contributed by atoms with Gasteiger partial charge in [0, 0.05) is 26.2 Å². The molecule has 182 valence electrons. The van der Waals surface area contributed by atoms with Crippen LogP contribution in [0.15, 0.2) is 53.9 Å². The maximum absolute atomic E-state index is 13.1. The predicted molar refractivity (Wildman–Crippen MR) is 136 cm³/mol. The topological polar surface area (TPSA) is 98.7 Å². The average molecular weight is 512 g/mol. The summed E-state index contributed by atoms with van der Waals surface area (Å²) in [7, 11) is 0. The lowest BCUT2D eigenvalue weighted by Crippen LogP contribution is -2.48. The molecular formula is C26H26ClN3O4S. The van der Waals surface area contributed by atoms with Crippen molar-refractivity contribution in [1.82, 2.24) is 15.5 Å². The Morgan fingerprint density at radius 2 is 1.91 bits per heavy atom. The molecule has 0 unspecified atom stereocenters. The number of carboxylic acid groups (broad SMARTS) is 1. The highest BCUT2D eigenvalue weighted by molar-refractivity contribution is 7.12.